The van der Waals surface area contributed by atoms with Crippen LogP contribution in [0.15, 0.2) is 30.3 Å². The Labute approximate surface area is 184 Å². The summed E-state index contributed by atoms with van der Waals surface area (Å²) in [6.07, 6.45) is 0.871. The quantitative estimate of drug-likeness (QED) is 0.551. The molecule has 0 unspecified atom stereocenters. The molecule has 2 heterocycles. The minimum atomic E-state index is -0.227. The zero-order valence-electron chi connectivity index (χ0n) is 19.6. The van der Waals surface area contributed by atoms with Crippen LogP contribution in [0.5, 0.6) is 0 Å². The standard InChI is InChI=1S/C24H35N5O2/c1-7-27(8-2)15-11-14-25-23(30)21-16-20-22(29(21)24(31)26(5)6)18-12-9-10-13-19(18)28(20)17(3)4/h9-10,12-13,16-17H,7-8,11,14-15H2,1-6H3,(H,25,30). The Morgan fingerprint density at radius 2 is 1.74 bits per heavy atom. The van der Waals surface area contributed by atoms with Gasteiger partial charge in [-0.1, -0.05) is 32.0 Å². The van der Waals surface area contributed by atoms with Crippen LogP contribution in [-0.4, -0.2) is 71.1 Å². The Hall–Kier alpha value is -2.80. The fourth-order valence-electron chi connectivity index (χ4n) is 4.21. The second-order valence-corrected chi connectivity index (χ2v) is 8.39. The third-order valence-corrected chi connectivity index (χ3v) is 5.81. The van der Waals surface area contributed by atoms with Crippen molar-refractivity contribution in [1.82, 2.24) is 24.3 Å². The van der Waals surface area contributed by atoms with Crippen LogP contribution in [0.3, 0.4) is 0 Å². The largest absolute Gasteiger partial charge is 0.351 e. The number of carbonyl (C=O) groups is 2. The summed E-state index contributed by atoms with van der Waals surface area (Å²) in [5, 5.41) is 3.99. The van der Waals surface area contributed by atoms with Crippen molar-refractivity contribution in [2.75, 3.05) is 40.3 Å². The normalized spacial score (nSPS) is 11.7. The van der Waals surface area contributed by atoms with E-state index >= 15 is 0 Å². The predicted molar refractivity (Wildman–Crippen MR) is 127 cm³/mol. The van der Waals surface area contributed by atoms with Gasteiger partial charge in [0.15, 0.2) is 0 Å². The highest BCUT2D eigenvalue weighted by Gasteiger charge is 2.26. The number of aromatic nitrogens is 2. The van der Waals surface area contributed by atoms with E-state index in [1.165, 1.54) is 4.90 Å². The number of rotatable bonds is 8. The average molecular weight is 426 g/mol. The highest BCUT2D eigenvalue weighted by molar-refractivity contribution is 6.14. The highest BCUT2D eigenvalue weighted by atomic mass is 16.2. The van der Waals surface area contributed by atoms with E-state index in [0.29, 0.717) is 12.2 Å². The molecule has 0 aliphatic heterocycles. The van der Waals surface area contributed by atoms with Crippen molar-refractivity contribution in [1.29, 1.82) is 0 Å². The lowest BCUT2D eigenvalue weighted by molar-refractivity contribution is 0.0943. The number of fused-ring (bicyclic) bond motifs is 3. The molecule has 3 rings (SSSR count). The number of hydrogen-bond acceptors (Lipinski definition) is 3. The van der Waals surface area contributed by atoms with Crippen LogP contribution >= 0.6 is 0 Å². The fraction of sp³-hybridized carbons (Fsp3) is 0.500. The minimum Gasteiger partial charge on any atom is -0.351 e. The van der Waals surface area contributed by atoms with Crippen molar-refractivity contribution in [3.05, 3.63) is 36.0 Å². The lowest BCUT2D eigenvalue weighted by atomic mass is 10.2. The van der Waals surface area contributed by atoms with Crippen LogP contribution in [-0.2, 0) is 0 Å². The minimum absolute atomic E-state index is 0.192. The van der Waals surface area contributed by atoms with Crippen molar-refractivity contribution in [2.45, 2.75) is 40.2 Å². The smallest absolute Gasteiger partial charge is 0.328 e. The number of amides is 2. The van der Waals surface area contributed by atoms with Gasteiger partial charge in [-0.2, -0.15) is 0 Å². The monoisotopic (exact) mass is 425 g/mol. The molecule has 0 bridgehead atoms. The zero-order valence-corrected chi connectivity index (χ0v) is 19.6. The van der Waals surface area contributed by atoms with E-state index in [1.54, 1.807) is 18.7 Å². The van der Waals surface area contributed by atoms with Crippen LogP contribution in [0.25, 0.3) is 21.9 Å². The van der Waals surface area contributed by atoms with Crippen LogP contribution in [0.4, 0.5) is 4.79 Å². The lowest BCUT2D eigenvalue weighted by Crippen LogP contribution is -2.34. The van der Waals surface area contributed by atoms with Gasteiger partial charge in [-0.25, -0.2) is 4.79 Å². The average Bonchev–Trinajstić information content (AvgIpc) is 3.27. The molecule has 1 aromatic carbocycles. The molecule has 7 nitrogen and oxygen atoms in total. The topological polar surface area (TPSA) is 62.5 Å². The van der Waals surface area contributed by atoms with Gasteiger partial charge in [0.05, 0.1) is 16.6 Å². The molecule has 7 heteroatoms. The van der Waals surface area contributed by atoms with Gasteiger partial charge in [-0.15, -0.1) is 0 Å². The van der Waals surface area contributed by atoms with Crippen LogP contribution in [0.1, 0.15) is 50.6 Å². The first kappa shape index (κ1) is 22.9. The van der Waals surface area contributed by atoms with Gasteiger partial charge in [-0.05, 0) is 52.0 Å². The first-order valence-corrected chi connectivity index (χ1v) is 11.2. The van der Waals surface area contributed by atoms with E-state index in [-0.39, 0.29) is 18.0 Å². The first-order valence-electron chi connectivity index (χ1n) is 11.2. The van der Waals surface area contributed by atoms with Crippen molar-refractivity contribution in [3.8, 4) is 0 Å². The molecule has 0 saturated carbocycles. The van der Waals surface area contributed by atoms with Crippen LogP contribution in [0.2, 0.25) is 0 Å². The number of para-hydroxylation sites is 1. The summed E-state index contributed by atoms with van der Waals surface area (Å²) in [6, 6.07) is 9.87. The Morgan fingerprint density at radius 3 is 2.35 bits per heavy atom. The molecule has 1 N–H and O–H groups in total. The molecular weight excluding hydrogens is 390 g/mol. The predicted octanol–water partition coefficient (Wildman–Crippen LogP) is 4.17. The van der Waals surface area contributed by atoms with E-state index < -0.39 is 0 Å². The van der Waals surface area contributed by atoms with Crippen molar-refractivity contribution >= 4 is 33.9 Å². The highest BCUT2D eigenvalue weighted by Crippen LogP contribution is 2.34. The SMILES string of the molecule is CCN(CC)CCCNC(=O)c1cc2c(c3ccccc3n2C(C)C)n1C(=O)N(C)C. The van der Waals surface area contributed by atoms with E-state index in [4.69, 9.17) is 0 Å². The molecule has 2 amide bonds. The molecule has 3 aromatic rings. The van der Waals surface area contributed by atoms with Gasteiger partial charge in [0.2, 0.25) is 0 Å². The number of benzene rings is 1. The van der Waals surface area contributed by atoms with Gasteiger partial charge in [-0.3, -0.25) is 9.36 Å². The molecular formula is C24H35N5O2. The first-order chi connectivity index (χ1) is 14.8. The molecule has 0 aliphatic carbocycles. The molecule has 0 fully saturated rings. The second-order valence-electron chi connectivity index (χ2n) is 8.39. The summed E-state index contributed by atoms with van der Waals surface area (Å²) in [7, 11) is 3.42. The summed E-state index contributed by atoms with van der Waals surface area (Å²) in [5.74, 6) is -0.217. The summed E-state index contributed by atoms with van der Waals surface area (Å²) in [6.45, 7) is 12.0. The zero-order chi connectivity index (χ0) is 22.7. The van der Waals surface area contributed by atoms with Gasteiger partial charge in [0.25, 0.3) is 5.91 Å². The lowest BCUT2D eigenvalue weighted by Gasteiger charge is -2.18. The number of nitrogens with one attached hydrogen (secondary N) is 1. The molecule has 31 heavy (non-hydrogen) atoms. The van der Waals surface area contributed by atoms with Crippen molar-refractivity contribution in [3.63, 3.8) is 0 Å². The maximum atomic E-state index is 13.2. The van der Waals surface area contributed by atoms with Crippen LogP contribution in [0, 0.1) is 0 Å². The Morgan fingerprint density at radius 1 is 1.06 bits per heavy atom. The summed E-state index contributed by atoms with van der Waals surface area (Å²) < 4.78 is 3.76. The summed E-state index contributed by atoms with van der Waals surface area (Å²) in [5.41, 5.74) is 3.14. The molecule has 0 atom stereocenters. The number of carbonyl (C=O) groups excluding carboxylic acids is 2. The Balaban J connectivity index is 2.03. The Bertz CT molecular complexity index is 1070. The van der Waals surface area contributed by atoms with Gasteiger partial charge in [0.1, 0.15) is 5.69 Å². The second kappa shape index (κ2) is 9.56. The van der Waals surface area contributed by atoms with E-state index in [0.717, 1.165) is 48.0 Å². The van der Waals surface area contributed by atoms with Gasteiger partial charge in [0, 0.05) is 32.1 Å². The number of nitrogens with zero attached hydrogens (tertiary/aromatic N) is 4. The fourth-order valence-corrected chi connectivity index (χ4v) is 4.21. The third-order valence-electron chi connectivity index (χ3n) is 5.81. The summed E-state index contributed by atoms with van der Waals surface area (Å²) in [4.78, 5) is 30.1. The van der Waals surface area contributed by atoms with Crippen molar-refractivity contribution < 1.29 is 9.59 Å². The maximum Gasteiger partial charge on any atom is 0.328 e. The molecule has 168 valence electrons. The maximum absolute atomic E-state index is 13.2. The Kier molecular flexibility index (Phi) is 7.05. The number of hydrogen-bond donors (Lipinski definition) is 1. The molecule has 0 radical (unpaired) electrons. The molecule has 0 spiro atoms. The summed E-state index contributed by atoms with van der Waals surface area (Å²) >= 11 is 0. The van der Waals surface area contributed by atoms with E-state index in [2.05, 4.69) is 48.5 Å². The molecule has 0 saturated heterocycles. The van der Waals surface area contributed by atoms with E-state index in [9.17, 15) is 9.59 Å². The van der Waals surface area contributed by atoms with Crippen LogP contribution < -0.4 is 5.32 Å². The third kappa shape index (κ3) is 4.32. The van der Waals surface area contributed by atoms with Gasteiger partial charge < -0.3 is 19.7 Å². The van der Waals surface area contributed by atoms with Crippen molar-refractivity contribution in [2.24, 2.45) is 0 Å². The molecule has 0 aliphatic rings. The molecule has 2 aromatic heterocycles. The van der Waals surface area contributed by atoms with E-state index in [1.807, 2.05) is 24.3 Å². The van der Waals surface area contributed by atoms with Gasteiger partial charge >= 0.3 is 6.03 Å².